The number of carboxylic acid groups (broad SMARTS) is 1. The Morgan fingerprint density at radius 1 is 0.851 bits per heavy atom. The number of nitrogens with zero attached hydrogens (tertiary/aromatic N) is 5. The number of aliphatic hydroxyl groups excluding tert-OH is 1. The Morgan fingerprint density at radius 3 is 2.30 bits per heavy atom. The summed E-state index contributed by atoms with van der Waals surface area (Å²) in [4.78, 5) is 109. The number of esters is 1. The molecule has 2 aromatic rings. The maximum atomic E-state index is 14.5. The van der Waals surface area contributed by atoms with Crippen molar-refractivity contribution in [1.82, 2.24) is 24.7 Å². The fourth-order valence-corrected chi connectivity index (χ4v) is 15.8. The number of carbonyl (C=O) groups is 7. The summed E-state index contributed by atoms with van der Waals surface area (Å²) in [6.07, 6.45) is 16.6. The van der Waals surface area contributed by atoms with Crippen LogP contribution in [0, 0.1) is 35.5 Å². The van der Waals surface area contributed by atoms with Gasteiger partial charge in [0, 0.05) is 116 Å². The molecule has 101 heavy (non-hydrogen) atoms. The molecule has 7 heterocycles. The van der Waals surface area contributed by atoms with Gasteiger partial charge in [-0.25, -0.2) is 19.6 Å². The average molecular weight is 1430 g/mol. The van der Waals surface area contributed by atoms with Gasteiger partial charge in [-0.3, -0.25) is 28.5 Å². The highest BCUT2D eigenvalue weighted by Gasteiger charge is 2.53. The Bertz CT molecular complexity index is 3320. The second kappa shape index (κ2) is 38.3. The molecule has 5 aliphatic heterocycles. The van der Waals surface area contributed by atoms with Gasteiger partial charge < -0.3 is 68.3 Å². The number of fused-ring (bicyclic) bond motifs is 4. The van der Waals surface area contributed by atoms with Crippen molar-refractivity contribution in [2.24, 2.45) is 35.5 Å². The van der Waals surface area contributed by atoms with Gasteiger partial charge in [-0.1, -0.05) is 83.2 Å². The minimum Gasteiger partial charge on any atom is -0.481 e. The smallest absolute Gasteiger partial charge is 0.329 e. The van der Waals surface area contributed by atoms with Gasteiger partial charge in [0.2, 0.25) is 11.7 Å². The third-order valence-corrected chi connectivity index (χ3v) is 21.7. The van der Waals surface area contributed by atoms with Gasteiger partial charge in [-0.2, -0.15) is 0 Å². The number of cyclic esters (lactones) is 1. The summed E-state index contributed by atoms with van der Waals surface area (Å²) in [7, 11) is 3.28. The van der Waals surface area contributed by atoms with Crippen molar-refractivity contribution >= 4 is 54.4 Å². The summed E-state index contributed by atoms with van der Waals surface area (Å²) in [5.41, 5.74) is 4.23. The summed E-state index contributed by atoms with van der Waals surface area (Å²) in [5.74, 6) is -7.63. The van der Waals surface area contributed by atoms with Crippen molar-refractivity contribution in [1.29, 1.82) is 0 Å². The lowest BCUT2D eigenvalue weighted by molar-refractivity contribution is -0.265. The molecule has 24 nitrogen and oxygen atoms in total. The number of rotatable bonds is 17. The van der Waals surface area contributed by atoms with Gasteiger partial charge in [0.1, 0.15) is 36.0 Å². The first-order valence-corrected chi connectivity index (χ1v) is 38.7. The fraction of sp³-hybridized carbons (Fsp3) is 0.671. The normalized spacial score (nSPS) is 31.9. The van der Waals surface area contributed by atoms with Crippen molar-refractivity contribution in [3.8, 4) is 5.88 Å². The first kappa shape index (κ1) is 81.8. The topological polar surface area (TPSA) is 309 Å². The highest BCUT2D eigenvalue weighted by atomic mass is 31.2. The molecule has 0 radical (unpaired) electrons. The first-order chi connectivity index (χ1) is 48.0. The minimum absolute atomic E-state index is 0.0117. The van der Waals surface area contributed by atoms with Crippen molar-refractivity contribution in [3.63, 3.8) is 0 Å². The van der Waals surface area contributed by atoms with Crippen LogP contribution in [0.1, 0.15) is 168 Å². The number of nitrogens with one attached hydrogen (secondary N) is 1. The van der Waals surface area contributed by atoms with Crippen LogP contribution in [-0.2, 0) is 74.4 Å². The lowest BCUT2D eigenvalue weighted by atomic mass is 9.78. The molecular formula is C76H113N6O18P. The van der Waals surface area contributed by atoms with Crippen LogP contribution in [0.5, 0.6) is 5.88 Å². The Labute approximate surface area is 597 Å². The van der Waals surface area contributed by atoms with E-state index in [4.69, 9.17) is 37.9 Å². The number of allylic oxidation sites excluding steroid dienone is 6. The third kappa shape index (κ3) is 22.7. The van der Waals surface area contributed by atoms with E-state index >= 15 is 0 Å². The molecule has 4 N–H and O–H groups in total. The van der Waals surface area contributed by atoms with Gasteiger partial charge in [-0.15, -0.1) is 0 Å². The standard InChI is InChI=1S/C53H84NO14P.C23H29N5O4/c1-32-18-14-13-15-19-33(2)44(63-8)30-40-23-21-38(7)53(61,67-40)50(58)51(59)54-25-17-16-20-41(54)52(60)66-45(35(4)28-39-22-24-43(46(29-39)64-9)68-69(11,12)62)31-42(55)34(3)27-37(6)48(57)49(65-10)47(56)36(5)26-32;1-32-20-9-7-17(15-25-20)19(14-21(29)30)28-13-12-27(23(28)31)11-3-5-18-8-6-16-4-2-10-24-22(16)26-18/h13-15,18-19,27,32,34-36,38-41,43-46,48-49,57,61H,16-17,20-26,28-31H2,1-12H3;6-9,15,19H,2-5,10-14H2,1H3,(H,24,26)(H,29,30)/b15-13+,18-14+,33-19+,37-27+;/t32-,34-,35-,36-,38-,39+,40+,41+,43-,44+,45+,46-,48-,49+,53-;19-/m10/s1. The third-order valence-electron chi connectivity index (χ3n) is 20.9. The van der Waals surface area contributed by atoms with Crippen LogP contribution in [-0.4, -0.2) is 210 Å². The minimum atomic E-state index is -2.79. The second-order valence-electron chi connectivity index (χ2n) is 29.1. The number of hydrogen-bond acceptors (Lipinski definition) is 20. The van der Waals surface area contributed by atoms with E-state index in [1.807, 2.05) is 58.1 Å². The van der Waals surface area contributed by atoms with Crippen molar-refractivity contribution in [2.75, 3.05) is 79.8 Å². The number of ether oxygens (including phenoxy) is 6. The zero-order valence-electron chi connectivity index (χ0n) is 61.7. The number of carboxylic acids is 1. The Hall–Kier alpha value is -6.50. The van der Waals surface area contributed by atoms with E-state index < -0.39 is 97.1 Å². The molecule has 25 heteroatoms. The number of carbonyl (C=O) groups excluding carboxylic acids is 6. The molecule has 0 unspecified atom stereocenters. The van der Waals surface area contributed by atoms with Crippen LogP contribution < -0.4 is 10.1 Å². The molecule has 2 aromatic heterocycles. The Morgan fingerprint density at radius 2 is 1.61 bits per heavy atom. The van der Waals surface area contributed by atoms with Crippen LogP contribution in [0.25, 0.3) is 0 Å². The highest BCUT2D eigenvalue weighted by molar-refractivity contribution is 7.57. The van der Waals surface area contributed by atoms with E-state index in [1.165, 1.54) is 24.7 Å². The number of piperidine rings is 1. The molecular weight excluding hydrogens is 1320 g/mol. The zero-order valence-corrected chi connectivity index (χ0v) is 62.6. The molecule has 0 spiro atoms. The number of aliphatic hydroxyl groups is 2. The van der Waals surface area contributed by atoms with Crippen LogP contribution in [0.4, 0.5) is 10.6 Å². The van der Waals surface area contributed by atoms with E-state index in [9.17, 15) is 53.4 Å². The molecule has 1 saturated carbocycles. The molecule has 560 valence electrons. The number of pyridine rings is 2. The molecule has 3 saturated heterocycles. The molecule has 4 fully saturated rings. The Balaban J connectivity index is 0.000000369. The number of aromatic nitrogens is 2. The predicted octanol–water partition coefficient (Wildman–Crippen LogP) is 10.5. The monoisotopic (exact) mass is 1430 g/mol. The maximum Gasteiger partial charge on any atom is 0.329 e. The summed E-state index contributed by atoms with van der Waals surface area (Å²) in [6, 6.07) is 5.82. The van der Waals surface area contributed by atoms with Crippen LogP contribution >= 0.6 is 7.37 Å². The molecule has 2 bridgehead atoms. The number of amides is 3. The lowest BCUT2D eigenvalue weighted by Crippen LogP contribution is -2.61. The number of aliphatic carboxylic acids is 1. The van der Waals surface area contributed by atoms with E-state index in [1.54, 1.807) is 82.5 Å². The van der Waals surface area contributed by atoms with Gasteiger partial charge >= 0.3 is 18.0 Å². The van der Waals surface area contributed by atoms with Gasteiger partial charge in [0.25, 0.3) is 11.7 Å². The average Bonchev–Trinajstić information content (AvgIpc) is 1.02. The lowest BCUT2D eigenvalue weighted by Gasteiger charge is -2.42. The number of methoxy groups -OCH3 is 4. The van der Waals surface area contributed by atoms with E-state index in [0.717, 1.165) is 55.7 Å². The molecule has 8 rings (SSSR count). The van der Waals surface area contributed by atoms with Crippen molar-refractivity contribution in [3.05, 3.63) is 94.9 Å². The number of Topliss-reactive ketones (excluding diaryl/α,β-unsaturated/α-hetero) is 3. The van der Waals surface area contributed by atoms with Crippen LogP contribution in [0.15, 0.2) is 78.1 Å². The molecule has 0 aromatic carbocycles. The van der Waals surface area contributed by atoms with E-state index in [-0.39, 0.29) is 73.4 Å². The second-order valence-corrected chi connectivity index (χ2v) is 31.8. The number of aryl methyl sites for hydroxylation is 2. The quantitative estimate of drug-likeness (QED) is 0.0495. The predicted molar refractivity (Wildman–Crippen MR) is 382 cm³/mol. The van der Waals surface area contributed by atoms with E-state index in [2.05, 4.69) is 22.4 Å². The molecule has 3 amide bonds. The fourth-order valence-electron chi connectivity index (χ4n) is 14.9. The van der Waals surface area contributed by atoms with Gasteiger partial charge in [-0.05, 0) is 150 Å². The largest absolute Gasteiger partial charge is 0.481 e. The molecule has 6 aliphatic rings. The van der Waals surface area contributed by atoms with Crippen LogP contribution in [0.2, 0.25) is 0 Å². The first-order valence-electron chi connectivity index (χ1n) is 36.2. The zero-order chi connectivity index (χ0) is 73.9. The maximum absolute atomic E-state index is 14.5. The molecule has 1 aliphatic carbocycles. The number of urea groups is 1. The summed E-state index contributed by atoms with van der Waals surface area (Å²) in [5, 5.41) is 36.2. The van der Waals surface area contributed by atoms with Crippen LogP contribution in [0.3, 0.4) is 0 Å². The van der Waals surface area contributed by atoms with Crippen molar-refractivity contribution < 1.29 is 86.4 Å². The summed E-state index contributed by atoms with van der Waals surface area (Å²) in [6.45, 7) is 18.5. The van der Waals surface area contributed by atoms with E-state index in [0.29, 0.717) is 94.4 Å². The number of ketones is 3. The Kier molecular flexibility index (Phi) is 31.0. The van der Waals surface area contributed by atoms with Gasteiger partial charge in [0.15, 0.2) is 13.2 Å². The number of anilines is 1. The number of hydrogen-bond donors (Lipinski definition) is 4. The highest BCUT2D eigenvalue weighted by Crippen LogP contribution is 2.45. The summed E-state index contributed by atoms with van der Waals surface area (Å²) >= 11 is 0. The SMILES string of the molecule is CO[C@H]1C[C@@H]2CC[C@@H](C)[C@@](O)(O2)C(=O)C(=O)N2CCCC[C@H]2C(=O)O[C@H]([C@H](C)C[C@@H]2CC[C@@H](OP(C)(C)=O)[C@H](OC)C2)CC(=O)[C@H](C)/C=C(\C)[C@@H](O)[C@@H](OC)C(=O)[C@H](C)C[C@H](C)/C=C/C=C/C=C/1C.COc1ccc([C@H](CC(=O)O)N2CCN(CCCc3ccc4c(n3)NCCC4)C2=O)cn1. The van der Waals surface area contributed by atoms with Crippen molar-refractivity contribution in [2.45, 2.75) is 218 Å². The van der Waals surface area contributed by atoms with Gasteiger partial charge in [0.05, 0.1) is 44.0 Å². The summed E-state index contributed by atoms with van der Waals surface area (Å²) < 4.78 is 53.3. The molecule has 16 atom stereocenters.